The fraction of sp³-hybridized carbons (Fsp3) is 0.143. The standard InChI is InChI=1S/C14H12N4O4/c1-18-10-6-8(2-4-11(10)22-14(18)21)7-15-13(20)9-3-5-12(19)17-16-9/h2-6H,7H2,1H3,(H,15,20)(H,17,19). The lowest BCUT2D eigenvalue weighted by Crippen LogP contribution is -2.25. The Balaban J connectivity index is 1.77. The summed E-state index contributed by atoms with van der Waals surface area (Å²) in [5.41, 5.74) is 1.70. The number of hydrogen-bond acceptors (Lipinski definition) is 5. The molecule has 0 bridgehead atoms. The molecule has 2 N–H and O–H groups in total. The second kappa shape index (κ2) is 5.32. The largest absolute Gasteiger partial charge is 0.419 e. The Morgan fingerprint density at radius 3 is 2.86 bits per heavy atom. The Kier molecular flexibility index (Phi) is 3.34. The van der Waals surface area contributed by atoms with Crippen molar-refractivity contribution in [2.75, 3.05) is 0 Å². The number of rotatable bonds is 3. The molecule has 0 saturated carbocycles. The second-order valence-corrected chi connectivity index (χ2v) is 4.72. The zero-order chi connectivity index (χ0) is 15.7. The summed E-state index contributed by atoms with van der Waals surface area (Å²) in [6, 6.07) is 7.77. The number of nitrogens with zero attached hydrogens (tertiary/aromatic N) is 2. The molecule has 0 fully saturated rings. The van der Waals surface area contributed by atoms with Crippen LogP contribution in [0, 0.1) is 0 Å². The Morgan fingerprint density at radius 1 is 1.32 bits per heavy atom. The molecule has 22 heavy (non-hydrogen) atoms. The number of H-pyrrole nitrogens is 1. The van der Waals surface area contributed by atoms with Crippen LogP contribution in [0.2, 0.25) is 0 Å². The van der Waals surface area contributed by atoms with E-state index in [1.165, 1.54) is 16.7 Å². The van der Waals surface area contributed by atoms with Crippen LogP contribution in [0.25, 0.3) is 11.1 Å². The number of oxazole rings is 1. The molecule has 2 heterocycles. The molecule has 0 aliphatic carbocycles. The molecule has 0 saturated heterocycles. The third-order valence-corrected chi connectivity index (χ3v) is 3.22. The molecule has 8 nitrogen and oxygen atoms in total. The normalized spacial score (nSPS) is 10.8. The van der Waals surface area contributed by atoms with Crippen LogP contribution in [0.3, 0.4) is 0 Å². The summed E-state index contributed by atoms with van der Waals surface area (Å²) < 4.78 is 6.43. The van der Waals surface area contributed by atoms with Crippen LogP contribution in [0.15, 0.2) is 44.3 Å². The smallest absolute Gasteiger partial charge is 0.408 e. The van der Waals surface area contributed by atoms with E-state index in [1.807, 2.05) is 0 Å². The number of aromatic amines is 1. The van der Waals surface area contributed by atoms with E-state index in [0.717, 1.165) is 5.56 Å². The van der Waals surface area contributed by atoms with Gasteiger partial charge in [-0.1, -0.05) is 6.07 Å². The van der Waals surface area contributed by atoms with E-state index in [1.54, 1.807) is 25.2 Å². The maximum atomic E-state index is 11.9. The van der Waals surface area contributed by atoms with Gasteiger partial charge in [-0.25, -0.2) is 9.89 Å². The van der Waals surface area contributed by atoms with Gasteiger partial charge in [-0.2, -0.15) is 5.10 Å². The van der Waals surface area contributed by atoms with Crippen LogP contribution in [0.1, 0.15) is 16.1 Å². The zero-order valence-corrected chi connectivity index (χ0v) is 11.6. The molecule has 8 heteroatoms. The van der Waals surface area contributed by atoms with Gasteiger partial charge in [0.1, 0.15) is 5.69 Å². The minimum Gasteiger partial charge on any atom is -0.408 e. The van der Waals surface area contributed by atoms with Crippen LogP contribution < -0.4 is 16.6 Å². The highest BCUT2D eigenvalue weighted by Gasteiger charge is 2.09. The molecule has 1 aromatic carbocycles. The van der Waals surface area contributed by atoms with E-state index >= 15 is 0 Å². The van der Waals surface area contributed by atoms with E-state index in [4.69, 9.17) is 4.42 Å². The minimum absolute atomic E-state index is 0.122. The van der Waals surface area contributed by atoms with E-state index < -0.39 is 11.7 Å². The quantitative estimate of drug-likeness (QED) is 0.715. The van der Waals surface area contributed by atoms with Crippen molar-refractivity contribution in [1.82, 2.24) is 20.1 Å². The number of fused-ring (bicyclic) bond motifs is 1. The van der Waals surface area contributed by atoms with E-state index in [2.05, 4.69) is 15.5 Å². The average Bonchev–Trinajstić information content (AvgIpc) is 2.80. The molecule has 3 rings (SSSR count). The summed E-state index contributed by atoms with van der Waals surface area (Å²) in [6.45, 7) is 0.259. The predicted molar refractivity (Wildman–Crippen MR) is 77.5 cm³/mol. The molecule has 0 aliphatic rings. The van der Waals surface area contributed by atoms with Crippen molar-refractivity contribution in [2.45, 2.75) is 6.54 Å². The molecule has 112 valence electrons. The Morgan fingerprint density at radius 2 is 2.14 bits per heavy atom. The first-order valence-corrected chi connectivity index (χ1v) is 6.47. The number of benzene rings is 1. The molecule has 0 spiro atoms. The predicted octanol–water partition coefficient (Wildman–Crippen LogP) is 0.145. The van der Waals surface area contributed by atoms with Crippen LogP contribution in [-0.4, -0.2) is 20.7 Å². The van der Waals surface area contributed by atoms with Crippen molar-refractivity contribution >= 4 is 17.0 Å². The minimum atomic E-state index is -0.436. The van der Waals surface area contributed by atoms with E-state index in [0.29, 0.717) is 11.1 Å². The van der Waals surface area contributed by atoms with Gasteiger partial charge in [0.25, 0.3) is 11.5 Å². The van der Waals surface area contributed by atoms with Gasteiger partial charge in [0.15, 0.2) is 5.58 Å². The molecule has 1 amide bonds. The summed E-state index contributed by atoms with van der Waals surface area (Å²) in [7, 11) is 1.61. The molecular formula is C14H12N4O4. The molecular weight excluding hydrogens is 288 g/mol. The summed E-state index contributed by atoms with van der Waals surface area (Å²) in [5, 5.41) is 8.53. The van der Waals surface area contributed by atoms with Crippen LogP contribution in [0.4, 0.5) is 0 Å². The first-order valence-electron chi connectivity index (χ1n) is 6.47. The SMILES string of the molecule is Cn1c(=O)oc2ccc(CNC(=O)c3ccc(=O)[nH]n3)cc21. The number of hydrogen-bond donors (Lipinski definition) is 2. The highest BCUT2D eigenvalue weighted by molar-refractivity contribution is 5.92. The first kappa shape index (κ1) is 13.8. The number of aromatic nitrogens is 3. The van der Waals surface area contributed by atoms with Gasteiger partial charge >= 0.3 is 5.76 Å². The molecule has 2 aromatic heterocycles. The lowest BCUT2D eigenvalue weighted by atomic mass is 10.2. The van der Waals surface area contributed by atoms with Crippen LogP contribution in [0.5, 0.6) is 0 Å². The second-order valence-electron chi connectivity index (χ2n) is 4.72. The molecule has 3 aromatic rings. The van der Waals surface area contributed by atoms with Crippen LogP contribution in [-0.2, 0) is 13.6 Å². The molecule has 0 aliphatic heterocycles. The fourth-order valence-electron chi connectivity index (χ4n) is 2.03. The van der Waals surface area contributed by atoms with Gasteiger partial charge in [-0.05, 0) is 23.8 Å². The van der Waals surface area contributed by atoms with Crippen molar-refractivity contribution in [3.8, 4) is 0 Å². The third kappa shape index (κ3) is 2.53. The fourth-order valence-corrected chi connectivity index (χ4v) is 2.03. The number of carbonyl (C=O) groups excluding carboxylic acids is 1. The third-order valence-electron chi connectivity index (χ3n) is 3.22. The maximum Gasteiger partial charge on any atom is 0.419 e. The monoisotopic (exact) mass is 300 g/mol. The highest BCUT2D eigenvalue weighted by atomic mass is 16.4. The number of nitrogens with one attached hydrogen (secondary N) is 2. The highest BCUT2D eigenvalue weighted by Crippen LogP contribution is 2.14. The molecule has 0 radical (unpaired) electrons. The van der Waals surface area contributed by atoms with Gasteiger partial charge in [0.2, 0.25) is 0 Å². The van der Waals surface area contributed by atoms with Gasteiger partial charge in [0, 0.05) is 19.7 Å². The summed E-state index contributed by atoms with van der Waals surface area (Å²) in [5.74, 6) is -0.842. The molecule has 0 atom stereocenters. The van der Waals surface area contributed by atoms with Gasteiger partial charge < -0.3 is 9.73 Å². The van der Waals surface area contributed by atoms with Gasteiger partial charge in [-0.3, -0.25) is 14.2 Å². The summed E-state index contributed by atoms with van der Waals surface area (Å²) >= 11 is 0. The zero-order valence-electron chi connectivity index (χ0n) is 11.6. The van der Waals surface area contributed by atoms with Crippen molar-refractivity contribution in [1.29, 1.82) is 0 Å². The Hall–Kier alpha value is -3.16. The lowest BCUT2D eigenvalue weighted by Gasteiger charge is -2.04. The van der Waals surface area contributed by atoms with Crippen molar-refractivity contribution in [3.05, 3.63) is 62.5 Å². The number of amides is 1. The number of aryl methyl sites for hydroxylation is 1. The van der Waals surface area contributed by atoms with Crippen molar-refractivity contribution < 1.29 is 9.21 Å². The summed E-state index contributed by atoms with van der Waals surface area (Å²) in [6.07, 6.45) is 0. The topological polar surface area (TPSA) is 110 Å². The Bertz CT molecular complexity index is 946. The van der Waals surface area contributed by atoms with Crippen molar-refractivity contribution in [3.63, 3.8) is 0 Å². The van der Waals surface area contributed by atoms with Gasteiger partial charge in [0.05, 0.1) is 5.52 Å². The average molecular weight is 300 g/mol. The molecule has 0 unspecified atom stereocenters. The van der Waals surface area contributed by atoms with Crippen molar-refractivity contribution in [2.24, 2.45) is 7.05 Å². The van der Waals surface area contributed by atoms with E-state index in [9.17, 15) is 14.4 Å². The number of carbonyl (C=O) groups is 1. The summed E-state index contributed by atoms with van der Waals surface area (Å²) in [4.78, 5) is 34.2. The lowest BCUT2D eigenvalue weighted by molar-refractivity contribution is 0.0945. The first-order chi connectivity index (χ1) is 10.5. The van der Waals surface area contributed by atoms with Crippen LogP contribution >= 0.6 is 0 Å². The Labute approximate surface area is 123 Å². The van der Waals surface area contributed by atoms with Gasteiger partial charge in [-0.15, -0.1) is 0 Å². The maximum absolute atomic E-state index is 11.9. The van der Waals surface area contributed by atoms with E-state index in [-0.39, 0.29) is 17.8 Å².